The van der Waals surface area contributed by atoms with E-state index in [2.05, 4.69) is 13.0 Å². The minimum absolute atomic E-state index is 0.135. The van der Waals surface area contributed by atoms with Gasteiger partial charge in [-0.1, -0.05) is 17.2 Å². The standard InChI is InChI=1S/C16H28O4/c1-6-20-15(17)12-14(3)9-7-8-13(2)10-11-16(18-4)19-5/h8,12,16H,6-7,9-11H2,1-5H3/b13-8-,14-12+. The smallest absolute Gasteiger partial charge is 0.330 e. The van der Waals surface area contributed by atoms with Crippen LogP contribution in [-0.4, -0.2) is 33.1 Å². The van der Waals surface area contributed by atoms with Crippen molar-refractivity contribution in [2.75, 3.05) is 20.8 Å². The number of ether oxygens (including phenoxy) is 3. The third kappa shape index (κ3) is 9.75. The second-order valence-corrected chi connectivity index (χ2v) is 4.77. The Bertz CT molecular complexity index is 327. The van der Waals surface area contributed by atoms with Crippen LogP contribution in [0.15, 0.2) is 23.3 Å². The summed E-state index contributed by atoms with van der Waals surface area (Å²) >= 11 is 0. The quantitative estimate of drug-likeness (QED) is 0.266. The largest absolute Gasteiger partial charge is 0.463 e. The van der Waals surface area contributed by atoms with Crippen molar-refractivity contribution in [2.45, 2.75) is 52.7 Å². The van der Waals surface area contributed by atoms with Crippen LogP contribution in [-0.2, 0) is 19.0 Å². The van der Waals surface area contributed by atoms with Gasteiger partial charge in [-0.2, -0.15) is 0 Å². The molecule has 0 aromatic rings. The molecule has 0 heterocycles. The fourth-order valence-electron chi connectivity index (χ4n) is 1.78. The first kappa shape index (κ1) is 18.9. The topological polar surface area (TPSA) is 44.8 Å². The van der Waals surface area contributed by atoms with Crippen LogP contribution >= 0.6 is 0 Å². The predicted molar refractivity (Wildman–Crippen MR) is 80.4 cm³/mol. The Kier molecular flexibility index (Phi) is 11.0. The van der Waals surface area contributed by atoms with Gasteiger partial charge in [0.15, 0.2) is 6.29 Å². The fourth-order valence-corrected chi connectivity index (χ4v) is 1.78. The molecule has 0 unspecified atom stereocenters. The molecule has 0 radical (unpaired) electrons. The molecule has 0 bridgehead atoms. The van der Waals surface area contributed by atoms with Crippen molar-refractivity contribution in [3.05, 3.63) is 23.3 Å². The van der Waals surface area contributed by atoms with Gasteiger partial charge >= 0.3 is 5.97 Å². The first-order valence-corrected chi connectivity index (χ1v) is 7.08. The third-order valence-electron chi connectivity index (χ3n) is 2.98. The van der Waals surface area contributed by atoms with Gasteiger partial charge in [-0.05, 0) is 40.0 Å². The Morgan fingerprint density at radius 1 is 1.10 bits per heavy atom. The van der Waals surface area contributed by atoms with Gasteiger partial charge in [0, 0.05) is 26.7 Å². The van der Waals surface area contributed by atoms with Gasteiger partial charge in [-0.25, -0.2) is 4.79 Å². The SMILES string of the molecule is CCOC(=O)/C=C(\C)CC/C=C(/C)CCC(OC)OC. The Hall–Kier alpha value is -1.13. The summed E-state index contributed by atoms with van der Waals surface area (Å²) in [4.78, 5) is 11.3. The van der Waals surface area contributed by atoms with Gasteiger partial charge in [0.25, 0.3) is 0 Å². The Morgan fingerprint density at radius 2 is 1.75 bits per heavy atom. The number of esters is 1. The summed E-state index contributed by atoms with van der Waals surface area (Å²) in [6.07, 6.45) is 7.24. The van der Waals surface area contributed by atoms with Crippen LogP contribution in [0.5, 0.6) is 0 Å². The molecule has 4 heteroatoms. The highest BCUT2D eigenvalue weighted by molar-refractivity contribution is 5.82. The molecule has 20 heavy (non-hydrogen) atoms. The molecule has 0 atom stereocenters. The minimum atomic E-state index is -0.256. The zero-order valence-corrected chi connectivity index (χ0v) is 13.4. The highest BCUT2D eigenvalue weighted by atomic mass is 16.7. The average Bonchev–Trinajstić information content (AvgIpc) is 2.40. The van der Waals surface area contributed by atoms with Crippen molar-refractivity contribution in [2.24, 2.45) is 0 Å². The van der Waals surface area contributed by atoms with Crippen LogP contribution < -0.4 is 0 Å². The van der Waals surface area contributed by atoms with Crippen molar-refractivity contribution in [3.63, 3.8) is 0 Å². The Morgan fingerprint density at radius 3 is 2.30 bits per heavy atom. The molecular formula is C16H28O4. The van der Waals surface area contributed by atoms with Crippen LogP contribution in [0.2, 0.25) is 0 Å². The van der Waals surface area contributed by atoms with Crippen molar-refractivity contribution < 1.29 is 19.0 Å². The highest BCUT2D eigenvalue weighted by Gasteiger charge is 2.04. The van der Waals surface area contributed by atoms with Gasteiger partial charge in [0.05, 0.1) is 6.61 Å². The summed E-state index contributed by atoms with van der Waals surface area (Å²) in [5, 5.41) is 0. The second-order valence-electron chi connectivity index (χ2n) is 4.77. The number of hydrogen-bond donors (Lipinski definition) is 0. The molecule has 0 aliphatic rings. The fraction of sp³-hybridized carbons (Fsp3) is 0.688. The maximum Gasteiger partial charge on any atom is 0.330 e. The van der Waals surface area contributed by atoms with Crippen molar-refractivity contribution in [1.82, 2.24) is 0 Å². The molecule has 0 aromatic carbocycles. The molecular weight excluding hydrogens is 256 g/mol. The van der Waals surface area contributed by atoms with E-state index in [4.69, 9.17) is 14.2 Å². The molecule has 0 saturated carbocycles. The monoisotopic (exact) mass is 284 g/mol. The van der Waals surface area contributed by atoms with E-state index in [-0.39, 0.29) is 12.3 Å². The second kappa shape index (κ2) is 11.7. The number of rotatable bonds is 10. The van der Waals surface area contributed by atoms with Gasteiger partial charge in [-0.15, -0.1) is 0 Å². The molecule has 0 aliphatic heterocycles. The zero-order valence-electron chi connectivity index (χ0n) is 13.4. The number of methoxy groups -OCH3 is 2. The van der Waals surface area contributed by atoms with E-state index in [1.165, 1.54) is 5.57 Å². The molecule has 0 amide bonds. The summed E-state index contributed by atoms with van der Waals surface area (Å²) < 4.78 is 15.2. The zero-order chi connectivity index (χ0) is 15.4. The van der Waals surface area contributed by atoms with Gasteiger partial charge < -0.3 is 14.2 Å². The van der Waals surface area contributed by atoms with E-state index >= 15 is 0 Å². The maximum absolute atomic E-state index is 11.3. The molecule has 0 N–H and O–H groups in total. The molecule has 4 nitrogen and oxygen atoms in total. The number of carbonyl (C=O) groups is 1. The van der Waals surface area contributed by atoms with Crippen LogP contribution in [0.4, 0.5) is 0 Å². The first-order valence-electron chi connectivity index (χ1n) is 7.08. The number of hydrogen-bond acceptors (Lipinski definition) is 4. The van der Waals surface area contributed by atoms with E-state index < -0.39 is 0 Å². The van der Waals surface area contributed by atoms with Gasteiger partial charge in [-0.3, -0.25) is 0 Å². The highest BCUT2D eigenvalue weighted by Crippen LogP contribution is 2.12. The lowest BCUT2D eigenvalue weighted by atomic mass is 10.1. The van der Waals surface area contributed by atoms with Crippen molar-refractivity contribution >= 4 is 5.97 Å². The predicted octanol–water partition coefficient (Wildman–Crippen LogP) is 3.62. The summed E-state index contributed by atoms with van der Waals surface area (Å²) in [6, 6.07) is 0. The molecule has 0 saturated heterocycles. The molecule has 0 spiro atoms. The number of carbonyl (C=O) groups excluding carboxylic acids is 1. The molecule has 116 valence electrons. The van der Waals surface area contributed by atoms with Crippen LogP contribution in [0.1, 0.15) is 46.5 Å². The maximum atomic E-state index is 11.3. The first-order chi connectivity index (χ1) is 9.53. The Labute approximate surface area is 122 Å². The lowest BCUT2D eigenvalue weighted by molar-refractivity contribution is -0.137. The lowest BCUT2D eigenvalue weighted by Crippen LogP contribution is -2.12. The van der Waals surface area contributed by atoms with Crippen molar-refractivity contribution in [3.8, 4) is 0 Å². The minimum Gasteiger partial charge on any atom is -0.463 e. The normalized spacial score (nSPS) is 12.9. The lowest BCUT2D eigenvalue weighted by Gasteiger charge is -2.12. The van der Waals surface area contributed by atoms with Gasteiger partial charge in [0.1, 0.15) is 0 Å². The van der Waals surface area contributed by atoms with Crippen LogP contribution in [0.25, 0.3) is 0 Å². The third-order valence-corrected chi connectivity index (χ3v) is 2.98. The van der Waals surface area contributed by atoms with Crippen LogP contribution in [0, 0.1) is 0 Å². The number of allylic oxidation sites excluding steroid dienone is 3. The average molecular weight is 284 g/mol. The van der Waals surface area contributed by atoms with E-state index in [1.807, 2.05) is 6.92 Å². The van der Waals surface area contributed by atoms with E-state index in [0.717, 1.165) is 31.3 Å². The summed E-state index contributed by atoms with van der Waals surface area (Å²) in [5.74, 6) is -0.256. The Balaban J connectivity index is 4.01. The summed E-state index contributed by atoms with van der Waals surface area (Å²) in [5.41, 5.74) is 2.35. The summed E-state index contributed by atoms with van der Waals surface area (Å²) in [7, 11) is 3.30. The molecule has 0 fully saturated rings. The molecule has 0 aromatic heterocycles. The van der Waals surface area contributed by atoms with Crippen molar-refractivity contribution in [1.29, 1.82) is 0 Å². The van der Waals surface area contributed by atoms with E-state index in [1.54, 1.807) is 27.2 Å². The molecule has 0 rings (SSSR count). The summed E-state index contributed by atoms with van der Waals surface area (Å²) in [6.45, 7) is 6.28. The van der Waals surface area contributed by atoms with E-state index in [9.17, 15) is 4.79 Å². The van der Waals surface area contributed by atoms with E-state index in [0.29, 0.717) is 6.61 Å². The van der Waals surface area contributed by atoms with Crippen LogP contribution in [0.3, 0.4) is 0 Å². The molecule has 0 aliphatic carbocycles. The van der Waals surface area contributed by atoms with Gasteiger partial charge in [0.2, 0.25) is 0 Å².